The van der Waals surface area contributed by atoms with Crippen molar-refractivity contribution in [3.63, 3.8) is 0 Å². The van der Waals surface area contributed by atoms with Gasteiger partial charge < -0.3 is 19.2 Å². The summed E-state index contributed by atoms with van der Waals surface area (Å²) < 4.78 is 16.6. The molecule has 0 spiro atoms. The lowest BCUT2D eigenvalue weighted by molar-refractivity contribution is -0.377. The summed E-state index contributed by atoms with van der Waals surface area (Å²) >= 11 is 0. The molecule has 1 amide bonds. The minimum Gasteiger partial charge on any atom is -0.494 e. The molecule has 6 heteroatoms. The summed E-state index contributed by atoms with van der Waals surface area (Å²) in [4.78, 5) is 15.0. The number of nitrogens with one attached hydrogen (secondary N) is 2. The number of carbonyl (C=O) groups is 1. The van der Waals surface area contributed by atoms with Crippen molar-refractivity contribution < 1.29 is 23.7 Å². The van der Waals surface area contributed by atoms with E-state index in [9.17, 15) is 4.79 Å². The number of H-pyrrole nitrogens is 1. The zero-order chi connectivity index (χ0) is 17.5. The molecular formula is C19H19N2O4+. The number of benzene rings is 1. The standard InChI is InChI=1S/C19H18N2O4/c1-2-23-15-5-7-16(8-6-15)24-13-17-9-10-18(25-17)19(22)21-14-4-3-11-20-12-14/h3-12H,2,13H2,1H3,(H,21,22)/p+1. The Morgan fingerprint density at radius 1 is 1.08 bits per heavy atom. The SMILES string of the molecule is CCOc1ccc(OCc2ccc(C(=O)Nc3ccc[nH+]c3)o2)cc1. The number of aromatic nitrogens is 1. The molecule has 2 heterocycles. The maximum absolute atomic E-state index is 12.1. The van der Waals surface area contributed by atoms with Crippen molar-refractivity contribution >= 4 is 11.6 Å². The largest absolute Gasteiger partial charge is 0.494 e. The second-order valence-electron chi connectivity index (χ2n) is 5.21. The summed E-state index contributed by atoms with van der Waals surface area (Å²) in [5.41, 5.74) is 0.663. The van der Waals surface area contributed by atoms with E-state index in [2.05, 4.69) is 10.3 Å². The molecule has 3 aromatic rings. The van der Waals surface area contributed by atoms with Crippen LogP contribution in [-0.2, 0) is 6.61 Å². The average Bonchev–Trinajstić information content (AvgIpc) is 3.11. The van der Waals surface area contributed by atoms with Gasteiger partial charge in [0.15, 0.2) is 18.2 Å². The molecule has 2 N–H and O–H groups in total. The Morgan fingerprint density at radius 3 is 2.52 bits per heavy atom. The van der Waals surface area contributed by atoms with Crippen LogP contribution in [0.25, 0.3) is 0 Å². The number of ether oxygens (including phenoxy) is 2. The van der Waals surface area contributed by atoms with E-state index in [1.54, 1.807) is 36.7 Å². The molecule has 0 saturated heterocycles. The summed E-state index contributed by atoms with van der Waals surface area (Å²) in [7, 11) is 0. The number of pyridine rings is 1. The Balaban J connectivity index is 1.55. The van der Waals surface area contributed by atoms with Crippen molar-refractivity contribution in [2.45, 2.75) is 13.5 Å². The van der Waals surface area contributed by atoms with E-state index in [0.29, 0.717) is 23.8 Å². The highest BCUT2D eigenvalue weighted by Crippen LogP contribution is 2.19. The van der Waals surface area contributed by atoms with Gasteiger partial charge >= 0.3 is 0 Å². The minimum atomic E-state index is -0.313. The molecule has 0 aliphatic carbocycles. The Bertz CT molecular complexity index is 813. The predicted molar refractivity (Wildman–Crippen MR) is 91.6 cm³/mol. The summed E-state index contributed by atoms with van der Waals surface area (Å²) in [6.45, 7) is 2.80. The molecule has 2 aromatic heterocycles. The average molecular weight is 339 g/mol. The number of hydrogen-bond donors (Lipinski definition) is 1. The van der Waals surface area contributed by atoms with E-state index in [4.69, 9.17) is 13.9 Å². The van der Waals surface area contributed by atoms with Gasteiger partial charge in [-0.15, -0.1) is 0 Å². The molecule has 1 aromatic carbocycles. The van der Waals surface area contributed by atoms with Gasteiger partial charge in [-0.3, -0.25) is 4.79 Å². The van der Waals surface area contributed by atoms with Crippen molar-refractivity contribution in [1.82, 2.24) is 0 Å². The molecule has 6 nitrogen and oxygen atoms in total. The fraction of sp³-hybridized carbons (Fsp3) is 0.158. The van der Waals surface area contributed by atoms with Crippen molar-refractivity contribution in [3.8, 4) is 11.5 Å². The monoisotopic (exact) mass is 339 g/mol. The van der Waals surface area contributed by atoms with Crippen LogP contribution in [0.3, 0.4) is 0 Å². The first-order valence-corrected chi connectivity index (χ1v) is 7.96. The van der Waals surface area contributed by atoms with Gasteiger partial charge in [0.2, 0.25) is 0 Å². The third-order valence-electron chi connectivity index (χ3n) is 3.37. The van der Waals surface area contributed by atoms with Gasteiger partial charge in [0.05, 0.1) is 6.61 Å². The maximum atomic E-state index is 12.1. The lowest BCUT2D eigenvalue weighted by atomic mass is 10.3. The van der Waals surface area contributed by atoms with Crippen LogP contribution in [-0.4, -0.2) is 12.5 Å². The van der Waals surface area contributed by atoms with Crippen LogP contribution < -0.4 is 19.8 Å². The van der Waals surface area contributed by atoms with E-state index in [1.165, 1.54) is 0 Å². The number of rotatable bonds is 7. The lowest BCUT2D eigenvalue weighted by Gasteiger charge is -2.06. The van der Waals surface area contributed by atoms with E-state index >= 15 is 0 Å². The first-order chi connectivity index (χ1) is 12.2. The summed E-state index contributed by atoms with van der Waals surface area (Å²) in [5.74, 6) is 1.98. The van der Waals surface area contributed by atoms with Gasteiger partial charge in [-0.2, -0.15) is 0 Å². The third-order valence-corrected chi connectivity index (χ3v) is 3.37. The molecule has 0 fully saturated rings. The number of amides is 1. The van der Waals surface area contributed by atoms with Crippen LogP contribution in [0.15, 0.2) is 65.3 Å². The number of hydrogen-bond acceptors (Lipinski definition) is 4. The van der Waals surface area contributed by atoms with E-state index in [0.717, 1.165) is 5.75 Å². The number of anilines is 1. The van der Waals surface area contributed by atoms with Gasteiger partial charge in [-0.25, -0.2) is 4.98 Å². The van der Waals surface area contributed by atoms with Gasteiger partial charge in [0.25, 0.3) is 5.91 Å². The maximum Gasteiger partial charge on any atom is 0.291 e. The second kappa shape index (κ2) is 8.01. The molecule has 0 atom stereocenters. The fourth-order valence-corrected chi connectivity index (χ4v) is 2.19. The van der Waals surface area contributed by atoms with Crippen LogP contribution in [0.4, 0.5) is 5.69 Å². The zero-order valence-electron chi connectivity index (χ0n) is 13.8. The molecule has 0 unspecified atom stereocenters. The highest BCUT2D eigenvalue weighted by Gasteiger charge is 2.12. The van der Waals surface area contributed by atoms with E-state index < -0.39 is 0 Å². The Kier molecular flexibility index (Phi) is 5.31. The lowest BCUT2D eigenvalue weighted by Crippen LogP contribution is -2.13. The van der Waals surface area contributed by atoms with Gasteiger partial charge in [0, 0.05) is 6.07 Å². The highest BCUT2D eigenvalue weighted by atomic mass is 16.5. The van der Waals surface area contributed by atoms with Crippen LogP contribution in [0.2, 0.25) is 0 Å². The molecule has 25 heavy (non-hydrogen) atoms. The molecular weight excluding hydrogens is 320 g/mol. The van der Waals surface area contributed by atoms with Crippen molar-refractivity contribution in [3.05, 3.63) is 72.4 Å². The zero-order valence-corrected chi connectivity index (χ0v) is 13.8. The van der Waals surface area contributed by atoms with E-state index in [-0.39, 0.29) is 18.3 Å². The molecule has 0 saturated carbocycles. The molecule has 3 rings (SSSR count). The van der Waals surface area contributed by atoms with Crippen LogP contribution in [0.1, 0.15) is 23.2 Å². The minimum absolute atomic E-state index is 0.231. The van der Waals surface area contributed by atoms with E-state index in [1.807, 2.05) is 31.2 Å². The van der Waals surface area contributed by atoms with Crippen molar-refractivity contribution in [2.75, 3.05) is 11.9 Å². The molecule has 0 bridgehead atoms. The summed E-state index contributed by atoms with van der Waals surface area (Å²) in [6, 6.07) is 14.3. The van der Waals surface area contributed by atoms with Gasteiger partial charge in [-0.1, -0.05) is 0 Å². The van der Waals surface area contributed by atoms with Gasteiger partial charge in [0.1, 0.15) is 29.6 Å². The Morgan fingerprint density at radius 2 is 1.84 bits per heavy atom. The van der Waals surface area contributed by atoms with Crippen molar-refractivity contribution in [2.24, 2.45) is 0 Å². The Labute approximate surface area is 145 Å². The van der Waals surface area contributed by atoms with Crippen LogP contribution >= 0.6 is 0 Å². The smallest absolute Gasteiger partial charge is 0.291 e. The molecule has 0 aliphatic rings. The normalized spacial score (nSPS) is 10.3. The molecule has 0 radical (unpaired) electrons. The third kappa shape index (κ3) is 4.60. The summed E-state index contributed by atoms with van der Waals surface area (Å²) in [5, 5.41) is 2.74. The first kappa shape index (κ1) is 16.6. The highest BCUT2D eigenvalue weighted by molar-refractivity contribution is 6.02. The second-order valence-corrected chi connectivity index (χ2v) is 5.21. The number of carbonyl (C=O) groups excluding carboxylic acids is 1. The number of furan rings is 1. The van der Waals surface area contributed by atoms with Crippen molar-refractivity contribution in [1.29, 1.82) is 0 Å². The van der Waals surface area contributed by atoms with Crippen LogP contribution in [0, 0.1) is 0 Å². The Hall–Kier alpha value is -3.28. The summed E-state index contributed by atoms with van der Waals surface area (Å²) in [6.07, 6.45) is 3.45. The predicted octanol–water partition coefficient (Wildman–Crippen LogP) is 3.32. The number of aromatic amines is 1. The molecule has 128 valence electrons. The fourth-order valence-electron chi connectivity index (χ4n) is 2.19. The molecule has 0 aliphatic heterocycles. The topological polar surface area (TPSA) is 74.8 Å². The quantitative estimate of drug-likeness (QED) is 0.716. The van der Waals surface area contributed by atoms with Gasteiger partial charge in [-0.05, 0) is 49.4 Å². The van der Waals surface area contributed by atoms with Crippen LogP contribution in [0.5, 0.6) is 11.5 Å². The first-order valence-electron chi connectivity index (χ1n) is 7.96.